The van der Waals surface area contributed by atoms with E-state index in [4.69, 9.17) is 0 Å². The molecule has 1 rings (SSSR count). The molecule has 0 radical (unpaired) electrons. The van der Waals surface area contributed by atoms with E-state index >= 15 is 0 Å². The molecule has 1 aromatic carbocycles. The van der Waals surface area contributed by atoms with E-state index in [1.807, 2.05) is 6.26 Å². The summed E-state index contributed by atoms with van der Waals surface area (Å²) in [5, 5.41) is 15.5. The molecule has 1 aromatic rings. The number of carbonyl (C=O) groups is 1. The zero-order chi connectivity index (χ0) is 15.9. The average Bonchev–Trinajstić information content (AvgIpc) is 2.35. The molecule has 2 amide bonds. The summed E-state index contributed by atoms with van der Waals surface area (Å²) < 4.78 is 0. The third-order valence-electron chi connectivity index (χ3n) is 3.07. The molecular formula is C16H26N2O2S. The van der Waals surface area contributed by atoms with Gasteiger partial charge < -0.3 is 15.7 Å². The summed E-state index contributed by atoms with van der Waals surface area (Å²) in [5.41, 5.74) is 2.83. The van der Waals surface area contributed by atoms with Crippen molar-refractivity contribution in [3.05, 3.63) is 34.9 Å². The van der Waals surface area contributed by atoms with Gasteiger partial charge in [0.05, 0.1) is 5.60 Å². The topological polar surface area (TPSA) is 61.4 Å². The maximum Gasteiger partial charge on any atom is 0.314 e. The van der Waals surface area contributed by atoms with E-state index < -0.39 is 5.60 Å². The van der Waals surface area contributed by atoms with Gasteiger partial charge in [-0.25, -0.2) is 4.79 Å². The van der Waals surface area contributed by atoms with Crippen molar-refractivity contribution in [2.45, 2.75) is 32.8 Å². The Kier molecular flexibility index (Phi) is 7.05. The number of urea groups is 1. The molecule has 0 bridgehead atoms. The van der Waals surface area contributed by atoms with Gasteiger partial charge in [-0.2, -0.15) is 11.8 Å². The van der Waals surface area contributed by atoms with E-state index in [9.17, 15) is 9.90 Å². The highest BCUT2D eigenvalue weighted by atomic mass is 32.2. The molecule has 0 spiro atoms. The Labute approximate surface area is 131 Å². The molecule has 118 valence electrons. The monoisotopic (exact) mass is 310 g/mol. The second kappa shape index (κ2) is 8.29. The molecule has 0 aliphatic rings. The van der Waals surface area contributed by atoms with Crippen LogP contribution in [0.15, 0.2) is 18.2 Å². The van der Waals surface area contributed by atoms with Gasteiger partial charge in [0.2, 0.25) is 0 Å². The van der Waals surface area contributed by atoms with Crippen LogP contribution >= 0.6 is 11.8 Å². The van der Waals surface area contributed by atoms with Crippen LogP contribution < -0.4 is 10.6 Å². The summed E-state index contributed by atoms with van der Waals surface area (Å²) >= 11 is 1.56. The summed E-state index contributed by atoms with van der Waals surface area (Å²) in [6, 6.07) is 6.17. The van der Waals surface area contributed by atoms with Gasteiger partial charge in [0.1, 0.15) is 0 Å². The van der Waals surface area contributed by atoms with E-state index in [2.05, 4.69) is 42.7 Å². The normalized spacial score (nSPS) is 13.6. The second-order valence-corrected chi connectivity index (χ2v) is 6.65. The Morgan fingerprint density at radius 3 is 2.43 bits per heavy atom. The Morgan fingerprint density at radius 1 is 1.24 bits per heavy atom. The van der Waals surface area contributed by atoms with Crippen LogP contribution in [0.5, 0.6) is 0 Å². The molecule has 0 saturated carbocycles. The van der Waals surface area contributed by atoms with Crippen molar-refractivity contribution < 1.29 is 9.90 Å². The van der Waals surface area contributed by atoms with E-state index in [-0.39, 0.29) is 12.6 Å². The molecule has 5 heteroatoms. The first-order chi connectivity index (χ1) is 9.82. The maximum atomic E-state index is 11.7. The van der Waals surface area contributed by atoms with Crippen molar-refractivity contribution in [2.75, 3.05) is 25.1 Å². The first kappa shape index (κ1) is 17.9. The third-order valence-corrected chi connectivity index (χ3v) is 3.98. The number of benzene rings is 1. The number of hydrogen-bond acceptors (Lipinski definition) is 3. The number of rotatable bonds is 7. The molecule has 3 N–H and O–H groups in total. The predicted molar refractivity (Wildman–Crippen MR) is 90.0 cm³/mol. The van der Waals surface area contributed by atoms with Crippen LogP contribution in [0.4, 0.5) is 4.79 Å². The minimum atomic E-state index is -0.871. The number of aliphatic hydroxyl groups is 1. The molecule has 1 atom stereocenters. The van der Waals surface area contributed by atoms with Crippen LogP contribution in [0.2, 0.25) is 0 Å². The predicted octanol–water partition coefficient (Wildman–Crippen LogP) is 2.26. The molecule has 0 heterocycles. The van der Waals surface area contributed by atoms with Crippen molar-refractivity contribution in [2.24, 2.45) is 0 Å². The van der Waals surface area contributed by atoms with Crippen LogP contribution in [0, 0.1) is 13.8 Å². The highest BCUT2D eigenvalue weighted by Gasteiger charge is 2.20. The molecule has 0 aliphatic carbocycles. The standard InChI is InChI=1S/C16H26N2O2S/c1-12-7-13(2)9-14(8-12)5-6-17-15(19)18-10-16(3,20)11-21-4/h7-9,20H,5-6,10-11H2,1-4H3,(H2,17,18,19). The van der Waals surface area contributed by atoms with E-state index in [1.54, 1.807) is 18.7 Å². The van der Waals surface area contributed by atoms with Gasteiger partial charge in [0.15, 0.2) is 0 Å². The minimum absolute atomic E-state index is 0.235. The van der Waals surface area contributed by atoms with Crippen LogP contribution in [0.1, 0.15) is 23.6 Å². The van der Waals surface area contributed by atoms with Gasteiger partial charge in [-0.3, -0.25) is 0 Å². The van der Waals surface area contributed by atoms with Gasteiger partial charge in [0.25, 0.3) is 0 Å². The lowest BCUT2D eigenvalue weighted by atomic mass is 10.1. The molecule has 4 nitrogen and oxygen atoms in total. The van der Waals surface area contributed by atoms with Gasteiger partial charge >= 0.3 is 6.03 Å². The van der Waals surface area contributed by atoms with Gasteiger partial charge in [-0.05, 0) is 39.0 Å². The Balaban J connectivity index is 2.30. The highest BCUT2D eigenvalue weighted by Crippen LogP contribution is 2.09. The summed E-state index contributed by atoms with van der Waals surface area (Å²) in [5.74, 6) is 0.593. The summed E-state index contributed by atoms with van der Waals surface area (Å²) in [6.07, 6.45) is 2.73. The maximum absolute atomic E-state index is 11.7. The second-order valence-electron chi connectivity index (χ2n) is 5.79. The molecular weight excluding hydrogens is 284 g/mol. The number of amides is 2. The first-order valence-electron chi connectivity index (χ1n) is 7.12. The summed E-state index contributed by atoms with van der Waals surface area (Å²) in [7, 11) is 0. The van der Waals surface area contributed by atoms with Crippen molar-refractivity contribution in [1.82, 2.24) is 10.6 Å². The SMILES string of the molecule is CSCC(C)(O)CNC(=O)NCCc1cc(C)cc(C)c1. The fourth-order valence-corrected chi connectivity index (χ4v) is 2.95. The molecule has 0 aromatic heterocycles. The van der Waals surface area contributed by atoms with Crippen molar-refractivity contribution in [3.8, 4) is 0 Å². The Bertz CT molecular complexity index is 455. The minimum Gasteiger partial charge on any atom is -0.387 e. The number of hydrogen-bond donors (Lipinski definition) is 3. The van der Waals surface area contributed by atoms with Crippen LogP contribution in [-0.2, 0) is 6.42 Å². The van der Waals surface area contributed by atoms with Crippen molar-refractivity contribution >= 4 is 17.8 Å². The lowest BCUT2D eigenvalue weighted by Crippen LogP contribution is -2.46. The fraction of sp³-hybridized carbons (Fsp3) is 0.562. The summed E-state index contributed by atoms with van der Waals surface area (Å²) in [4.78, 5) is 11.7. The molecule has 0 fully saturated rings. The number of aryl methyl sites for hydroxylation is 2. The molecule has 1 unspecified atom stereocenters. The molecule has 0 saturated heterocycles. The Morgan fingerprint density at radius 2 is 1.86 bits per heavy atom. The highest BCUT2D eigenvalue weighted by molar-refractivity contribution is 7.98. The van der Waals surface area contributed by atoms with Crippen molar-refractivity contribution in [3.63, 3.8) is 0 Å². The van der Waals surface area contributed by atoms with E-state index in [1.165, 1.54) is 16.7 Å². The van der Waals surface area contributed by atoms with Crippen LogP contribution in [0.25, 0.3) is 0 Å². The number of thioether (sulfide) groups is 1. The summed E-state index contributed by atoms with van der Waals surface area (Å²) in [6.45, 7) is 6.71. The van der Waals surface area contributed by atoms with E-state index in [0.717, 1.165) is 6.42 Å². The number of nitrogens with one attached hydrogen (secondary N) is 2. The lowest BCUT2D eigenvalue weighted by Gasteiger charge is -2.22. The largest absolute Gasteiger partial charge is 0.387 e. The third kappa shape index (κ3) is 7.39. The zero-order valence-electron chi connectivity index (χ0n) is 13.3. The van der Waals surface area contributed by atoms with Crippen molar-refractivity contribution in [1.29, 1.82) is 0 Å². The lowest BCUT2D eigenvalue weighted by molar-refractivity contribution is 0.0869. The zero-order valence-corrected chi connectivity index (χ0v) is 14.1. The molecule has 0 aliphatic heterocycles. The van der Waals surface area contributed by atoms with Gasteiger partial charge in [-0.1, -0.05) is 29.3 Å². The first-order valence-corrected chi connectivity index (χ1v) is 8.52. The average molecular weight is 310 g/mol. The quantitative estimate of drug-likeness (QED) is 0.724. The Hall–Kier alpha value is -1.20. The van der Waals surface area contributed by atoms with Gasteiger partial charge in [-0.15, -0.1) is 0 Å². The van der Waals surface area contributed by atoms with Gasteiger partial charge in [0, 0.05) is 18.8 Å². The number of carbonyl (C=O) groups excluding carboxylic acids is 1. The van der Waals surface area contributed by atoms with Crippen LogP contribution in [0.3, 0.4) is 0 Å². The molecule has 21 heavy (non-hydrogen) atoms. The smallest absolute Gasteiger partial charge is 0.314 e. The fourth-order valence-electron chi connectivity index (χ4n) is 2.23. The van der Waals surface area contributed by atoms with Crippen LogP contribution in [-0.4, -0.2) is 41.8 Å². The van der Waals surface area contributed by atoms with E-state index in [0.29, 0.717) is 12.3 Å².